The van der Waals surface area contributed by atoms with E-state index in [9.17, 15) is 9.59 Å². The summed E-state index contributed by atoms with van der Waals surface area (Å²) in [6.45, 7) is 5.49. The molecule has 2 amide bonds. The number of nitrogens with zero attached hydrogens (tertiary/aromatic N) is 1. The maximum atomic E-state index is 11.8. The largest absolute Gasteiger partial charge is 0.354 e. The monoisotopic (exact) mass is 212 g/mol. The van der Waals surface area contributed by atoms with Gasteiger partial charge in [0.1, 0.15) is 6.04 Å². The van der Waals surface area contributed by atoms with Crippen LogP contribution in [-0.4, -0.2) is 44.8 Å². The van der Waals surface area contributed by atoms with Crippen LogP contribution in [0.3, 0.4) is 0 Å². The molecule has 0 fully saturated rings. The van der Waals surface area contributed by atoms with Crippen molar-refractivity contribution in [3.05, 3.63) is 0 Å². The molecule has 0 aliphatic carbocycles. The van der Waals surface area contributed by atoms with Crippen LogP contribution < -0.4 is 5.32 Å². The molecule has 1 N–H and O–H groups in total. The van der Waals surface area contributed by atoms with Gasteiger partial charge in [-0.05, 0) is 5.41 Å². The van der Waals surface area contributed by atoms with Crippen molar-refractivity contribution < 1.29 is 14.4 Å². The van der Waals surface area contributed by atoms with E-state index < -0.39 is 17.3 Å². The average molecular weight is 212 g/mol. The van der Waals surface area contributed by atoms with Gasteiger partial charge in [0.2, 0.25) is 7.85 Å². The first-order valence-electron chi connectivity index (χ1n) is 4.57. The molecule has 84 valence electrons. The Bertz CT molecular complexity index is 250. The van der Waals surface area contributed by atoms with Crippen LogP contribution in [0.15, 0.2) is 0 Å². The van der Waals surface area contributed by atoms with Gasteiger partial charge in [0.15, 0.2) is 5.81 Å². The first kappa shape index (κ1) is 14.0. The molecule has 0 rings (SSSR count). The molecule has 0 spiro atoms. The van der Waals surface area contributed by atoms with Crippen LogP contribution in [0.2, 0.25) is 0 Å². The number of hydrogen-bond donors (Lipinski definition) is 1. The second-order valence-electron chi connectivity index (χ2n) is 4.33. The number of carbonyl (C=O) groups is 2. The second-order valence-corrected chi connectivity index (χ2v) is 4.33. The van der Waals surface area contributed by atoms with E-state index in [0.717, 1.165) is 5.06 Å². The van der Waals surface area contributed by atoms with E-state index in [4.69, 9.17) is 12.7 Å². The summed E-state index contributed by atoms with van der Waals surface area (Å²) < 4.78 is 0. The maximum absolute atomic E-state index is 11.8. The molecule has 0 saturated heterocycles. The first-order valence-corrected chi connectivity index (χ1v) is 4.57. The lowest BCUT2D eigenvalue weighted by molar-refractivity contribution is -0.173. The molecule has 0 aromatic carbocycles. The molecular weight excluding hydrogens is 195 g/mol. The van der Waals surface area contributed by atoms with E-state index in [0.29, 0.717) is 0 Å². The van der Waals surface area contributed by atoms with E-state index >= 15 is 0 Å². The molecule has 6 heteroatoms. The molecule has 1 atom stereocenters. The maximum Gasteiger partial charge on any atom is 0.268 e. The fourth-order valence-electron chi connectivity index (χ4n) is 1.06. The third-order valence-electron chi connectivity index (χ3n) is 1.98. The van der Waals surface area contributed by atoms with Gasteiger partial charge in [-0.25, -0.2) is 5.06 Å². The Labute approximate surface area is 91.5 Å². The van der Waals surface area contributed by atoms with Crippen molar-refractivity contribution >= 4 is 19.6 Å². The normalized spacial score (nSPS) is 13.1. The van der Waals surface area contributed by atoms with E-state index in [-0.39, 0.29) is 5.91 Å². The van der Waals surface area contributed by atoms with Gasteiger partial charge in [-0.1, -0.05) is 20.8 Å². The SMILES string of the molecule is [B]C(=O)N[C@H](C(=O)N(C)OC)C(C)(C)C. The molecule has 0 aliphatic heterocycles. The number of hydroxylamine groups is 2. The van der Waals surface area contributed by atoms with Gasteiger partial charge in [-0.3, -0.25) is 14.4 Å². The lowest BCUT2D eigenvalue weighted by Gasteiger charge is -2.32. The molecule has 5 nitrogen and oxygen atoms in total. The second kappa shape index (κ2) is 5.16. The summed E-state index contributed by atoms with van der Waals surface area (Å²) in [6, 6.07) is -0.708. The van der Waals surface area contributed by atoms with Crippen LogP contribution in [0.1, 0.15) is 20.8 Å². The highest BCUT2D eigenvalue weighted by atomic mass is 16.7. The van der Waals surface area contributed by atoms with Crippen molar-refractivity contribution in [2.75, 3.05) is 14.2 Å². The zero-order valence-corrected chi connectivity index (χ0v) is 9.83. The van der Waals surface area contributed by atoms with Crippen molar-refractivity contribution in [3.63, 3.8) is 0 Å². The van der Waals surface area contributed by atoms with Crippen LogP contribution in [-0.2, 0) is 9.63 Å². The van der Waals surface area contributed by atoms with Crippen LogP contribution in [0.25, 0.3) is 0 Å². The Kier molecular flexibility index (Phi) is 4.80. The molecule has 15 heavy (non-hydrogen) atoms. The quantitative estimate of drug-likeness (QED) is 0.540. The Morgan fingerprint density at radius 3 is 2.13 bits per heavy atom. The third-order valence-corrected chi connectivity index (χ3v) is 1.98. The predicted molar refractivity (Wildman–Crippen MR) is 57.3 cm³/mol. The lowest BCUT2D eigenvalue weighted by Crippen LogP contribution is -2.53. The summed E-state index contributed by atoms with van der Waals surface area (Å²) in [5.41, 5.74) is -0.432. The molecule has 0 aromatic rings. The summed E-state index contributed by atoms with van der Waals surface area (Å²) in [7, 11) is 7.86. The third kappa shape index (κ3) is 4.33. The van der Waals surface area contributed by atoms with E-state index in [1.165, 1.54) is 14.2 Å². The minimum atomic E-state index is -0.729. The highest BCUT2D eigenvalue weighted by Gasteiger charge is 2.34. The summed E-state index contributed by atoms with van der Waals surface area (Å²) in [6.07, 6.45) is 0. The van der Waals surface area contributed by atoms with Crippen LogP contribution >= 0.6 is 0 Å². The number of likely N-dealkylation sites (N-methyl/N-ethyl adjacent to an activating group) is 1. The summed E-state index contributed by atoms with van der Waals surface area (Å²) >= 11 is 0. The number of hydrogen-bond acceptors (Lipinski definition) is 3. The Morgan fingerprint density at radius 2 is 1.87 bits per heavy atom. The van der Waals surface area contributed by atoms with Crippen molar-refractivity contribution in [1.29, 1.82) is 0 Å². The predicted octanol–water partition coefficient (Wildman–Crippen LogP) is 0.299. The average Bonchev–Trinajstić information content (AvgIpc) is 2.09. The van der Waals surface area contributed by atoms with E-state index in [1.807, 2.05) is 20.8 Å². The molecule has 0 heterocycles. The summed E-state index contributed by atoms with van der Waals surface area (Å²) in [4.78, 5) is 27.3. The van der Waals surface area contributed by atoms with Crippen molar-refractivity contribution in [2.45, 2.75) is 26.8 Å². The van der Waals surface area contributed by atoms with Crippen LogP contribution in [0.5, 0.6) is 0 Å². The zero-order chi connectivity index (χ0) is 12.2. The van der Waals surface area contributed by atoms with Crippen molar-refractivity contribution in [2.24, 2.45) is 5.41 Å². The van der Waals surface area contributed by atoms with Gasteiger partial charge in [-0.15, -0.1) is 0 Å². The van der Waals surface area contributed by atoms with Gasteiger partial charge in [0.25, 0.3) is 5.91 Å². The van der Waals surface area contributed by atoms with Gasteiger partial charge in [0, 0.05) is 7.05 Å². The first-order chi connectivity index (χ1) is 6.70. The summed E-state index contributed by atoms with van der Waals surface area (Å²) in [5, 5.41) is 3.46. The Morgan fingerprint density at radius 1 is 1.40 bits per heavy atom. The van der Waals surface area contributed by atoms with Gasteiger partial charge >= 0.3 is 0 Å². The standard InChI is InChI=1S/C9H17BN2O3/c1-9(2,3)6(11-8(10)14)7(13)12(4)15-5/h6H,1-5H3,(H,11,14)/t6-/m1/s1. The van der Waals surface area contributed by atoms with Gasteiger partial charge in [-0.2, -0.15) is 0 Å². The number of nitrogens with one attached hydrogen (secondary N) is 1. The number of rotatable bonds is 3. The molecule has 0 aromatic heterocycles. The van der Waals surface area contributed by atoms with Crippen LogP contribution in [0.4, 0.5) is 4.79 Å². The van der Waals surface area contributed by atoms with Gasteiger partial charge < -0.3 is 5.32 Å². The van der Waals surface area contributed by atoms with E-state index in [2.05, 4.69) is 5.32 Å². The smallest absolute Gasteiger partial charge is 0.268 e. The fraction of sp³-hybridized carbons (Fsp3) is 0.778. The van der Waals surface area contributed by atoms with Gasteiger partial charge in [0.05, 0.1) is 7.11 Å². The van der Waals surface area contributed by atoms with E-state index in [1.54, 1.807) is 0 Å². The minimum absolute atomic E-state index is 0.344. The zero-order valence-electron chi connectivity index (χ0n) is 9.83. The molecule has 0 unspecified atom stereocenters. The Balaban J connectivity index is 4.79. The van der Waals surface area contributed by atoms with Crippen LogP contribution in [0, 0.1) is 5.41 Å². The summed E-state index contributed by atoms with van der Waals surface area (Å²) in [5.74, 6) is -1.07. The topological polar surface area (TPSA) is 58.6 Å². The molecule has 0 bridgehead atoms. The minimum Gasteiger partial charge on any atom is -0.354 e. The molecule has 2 radical (unpaired) electrons. The molecular formula is C9H17BN2O3. The molecule has 0 aliphatic rings. The highest BCUT2D eigenvalue weighted by molar-refractivity contribution is 6.57. The highest BCUT2D eigenvalue weighted by Crippen LogP contribution is 2.20. The number of carbonyl (C=O) groups excluding carboxylic acids is 2. The lowest BCUT2D eigenvalue weighted by atomic mass is 9.85. The van der Waals surface area contributed by atoms with Crippen molar-refractivity contribution in [3.8, 4) is 0 Å². The number of amides is 2. The van der Waals surface area contributed by atoms with Crippen molar-refractivity contribution in [1.82, 2.24) is 10.4 Å². The molecule has 0 saturated carbocycles. The Hall–Kier alpha value is -1.04. The fourth-order valence-corrected chi connectivity index (χ4v) is 1.06.